The summed E-state index contributed by atoms with van der Waals surface area (Å²) in [6, 6.07) is 0. The van der Waals surface area contributed by atoms with Gasteiger partial charge in [0.2, 0.25) is 5.91 Å². The molecule has 0 saturated carbocycles. The lowest BCUT2D eigenvalue weighted by atomic mass is 10.3. The maximum absolute atomic E-state index is 11.0. The van der Waals surface area contributed by atoms with E-state index in [1.807, 2.05) is 0 Å². The second kappa shape index (κ2) is 4.42. The van der Waals surface area contributed by atoms with Crippen molar-refractivity contribution in [1.82, 2.24) is 5.32 Å². The highest BCUT2D eigenvalue weighted by molar-refractivity contribution is 6.69. The molecule has 0 fully saturated rings. The highest BCUT2D eigenvalue weighted by Crippen LogP contribution is 2.00. The second-order valence-corrected chi connectivity index (χ2v) is 8.20. The van der Waals surface area contributed by atoms with Gasteiger partial charge in [-0.2, -0.15) is 0 Å². The maximum atomic E-state index is 11.0. The number of hydrogen-bond acceptors (Lipinski definition) is 2. The van der Waals surface area contributed by atoms with Crippen molar-refractivity contribution in [2.45, 2.75) is 26.6 Å². The zero-order valence-electron chi connectivity index (χ0n) is 8.23. The van der Waals surface area contributed by atoms with Gasteiger partial charge in [0.1, 0.15) is 6.73 Å². The standard InChI is InChI=1S/C8H17NO2Si/c1-7(2)8(10)9-6-11-12(3,4)5/h1,6H2,2-5H3,(H,9,10). The molecule has 0 spiro atoms. The Kier molecular flexibility index (Phi) is 4.20. The zero-order valence-corrected chi connectivity index (χ0v) is 9.23. The zero-order chi connectivity index (χ0) is 9.78. The molecule has 0 radical (unpaired) electrons. The van der Waals surface area contributed by atoms with Crippen LogP contribution in [-0.4, -0.2) is 21.0 Å². The molecule has 0 aliphatic heterocycles. The van der Waals surface area contributed by atoms with Crippen LogP contribution in [-0.2, 0) is 9.22 Å². The molecule has 0 atom stereocenters. The van der Waals surface area contributed by atoms with Crippen molar-refractivity contribution in [1.29, 1.82) is 0 Å². The van der Waals surface area contributed by atoms with Crippen molar-refractivity contribution < 1.29 is 9.22 Å². The topological polar surface area (TPSA) is 38.3 Å². The fourth-order valence-corrected chi connectivity index (χ4v) is 0.974. The molecule has 0 bridgehead atoms. The van der Waals surface area contributed by atoms with Crippen molar-refractivity contribution in [3.63, 3.8) is 0 Å². The summed E-state index contributed by atoms with van der Waals surface area (Å²) in [5.74, 6) is -0.145. The fraction of sp³-hybridized carbons (Fsp3) is 0.625. The molecule has 0 aromatic carbocycles. The van der Waals surface area contributed by atoms with E-state index in [9.17, 15) is 4.79 Å². The first kappa shape index (κ1) is 11.4. The van der Waals surface area contributed by atoms with Gasteiger partial charge in [0.25, 0.3) is 0 Å². The Morgan fingerprint density at radius 3 is 2.33 bits per heavy atom. The van der Waals surface area contributed by atoms with Gasteiger partial charge in [-0.05, 0) is 26.6 Å². The number of carbonyl (C=O) groups is 1. The predicted octanol–water partition coefficient (Wildman–Crippen LogP) is 1.49. The monoisotopic (exact) mass is 187 g/mol. The van der Waals surface area contributed by atoms with E-state index in [0.717, 1.165) is 0 Å². The van der Waals surface area contributed by atoms with Gasteiger partial charge in [-0.15, -0.1) is 0 Å². The van der Waals surface area contributed by atoms with Crippen molar-refractivity contribution >= 4 is 14.2 Å². The SMILES string of the molecule is C=C(C)C(=O)NCO[Si](C)(C)C. The summed E-state index contributed by atoms with van der Waals surface area (Å²) in [5.41, 5.74) is 0.508. The lowest BCUT2D eigenvalue weighted by Crippen LogP contribution is -2.34. The molecule has 0 aliphatic carbocycles. The van der Waals surface area contributed by atoms with Crippen LogP contribution in [0.3, 0.4) is 0 Å². The largest absolute Gasteiger partial charge is 0.400 e. The van der Waals surface area contributed by atoms with Crippen molar-refractivity contribution in [3.05, 3.63) is 12.2 Å². The highest BCUT2D eigenvalue weighted by Gasteiger charge is 2.13. The Labute approximate surface area is 74.9 Å². The quantitative estimate of drug-likeness (QED) is 0.411. The summed E-state index contributed by atoms with van der Waals surface area (Å²) in [6.07, 6.45) is 0. The number of carbonyl (C=O) groups excluding carboxylic acids is 1. The van der Waals surface area contributed by atoms with Crippen LogP contribution in [0.2, 0.25) is 19.6 Å². The molecule has 0 unspecified atom stereocenters. The van der Waals surface area contributed by atoms with E-state index in [2.05, 4.69) is 31.5 Å². The first-order valence-electron chi connectivity index (χ1n) is 3.90. The van der Waals surface area contributed by atoms with E-state index >= 15 is 0 Å². The first-order valence-corrected chi connectivity index (χ1v) is 7.31. The maximum Gasteiger partial charge on any atom is 0.248 e. The molecule has 3 nitrogen and oxygen atoms in total. The minimum atomic E-state index is -1.50. The molecule has 1 amide bonds. The smallest absolute Gasteiger partial charge is 0.248 e. The molecular weight excluding hydrogens is 170 g/mol. The van der Waals surface area contributed by atoms with E-state index in [1.54, 1.807) is 6.92 Å². The average molecular weight is 187 g/mol. The number of amides is 1. The average Bonchev–Trinajstić information content (AvgIpc) is 1.84. The normalized spacial score (nSPS) is 11.0. The molecule has 0 heterocycles. The molecule has 4 heteroatoms. The van der Waals surface area contributed by atoms with Gasteiger partial charge in [-0.1, -0.05) is 6.58 Å². The van der Waals surface area contributed by atoms with Gasteiger partial charge >= 0.3 is 0 Å². The molecule has 1 N–H and O–H groups in total. The number of nitrogens with one attached hydrogen (secondary N) is 1. The molecule has 0 aromatic heterocycles. The summed E-state index contributed by atoms with van der Waals surface area (Å²) in [5, 5.41) is 2.61. The summed E-state index contributed by atoms with van der Waals surface area (Å²) in [6.45, 7) is 11.7. The van der Waals surface area contributed by atoms with E-state index < -0.39 is 8.32 Å². The minimum absolute atomic E-state index is 0.145. The Hall–Kier alpha value is -0.613. The van der Waals surface area contributed by atoms with Crippen LogP contribution >= 0.6 is 0 Å². The lowest BCUT2D eigenvalue weighted by Gasteiger charge is -2.17. The Bertz CT molecular complexity index is 184. The van der Waals surface area contributed by atoms with E-state index in [-0.39, 0.29) is 5.91 Å². The number of rotatable bonds is 4. The molecular formula is C8H17NO2Si. The van der Waals surface area contributed by atoms with Gasteiger partial charge < -0.3 is 9.74 Å². The summed E-state index contributed by atoms with van der Waals surface area (Å²) < 4.78 is 5.42. The summed E-state index contributed by atoms with van der Waals surface area (Å²) in [4.78, 5) is 11.0. The summed E-state index contributed by atoms with van der Waals surface area (Å²) >= 11 is 0. The third-order valence-corrected chi connectivity index (χ3v) is 2.14. The molecule has 0 aromatic rings. The van der Waals surface area contributed by atoms with Crippen LogP contribution in [0.4, 0.5) is 0 Å². The van der Waals surface area contributed by atoms with Gasteiger partial charge in [0.15, 0.2) is 8.32 Å². The highest BCUT2D eigenvalue weighted by atomic mass is 28.4. The summed E-state index contributed by atoms with van der Waals surface area (Å²) in [7, 11) is -1.50. The predicted molar refractivity (Wildman–Crippen MR) is 52.3 cm³/mol. The van der Waals surface area contributed by atoms with Gasteiger partial charge in [-0.25, -0.2) is 0 Å². The molecule has 0 aliphatic rings. The van der Waals surface area contributed by atoms with Crippen LogP contribution < -0.4 is 5.32 Å². The van der Waals surface area contributed by atoms with Crippen LogP contribution in [0.15, 0.2) is 12.2 Å². The van der Waals surface area contributed by atoms with Crippen molar-refractivity contribution in [2.24, 2.45) is 0 Å². The Balaban J connectivity index is 3.58. The Morgan fingerprint density at radius 2 is 2.00 bits per heavy atom. The van der Waals surface area contributed by atoms with Crippen LogP contribution in [0.5, 0.6) is 0 Å². The van der Waals surface area contributed by atoms with Crippen molar-refractivity contribution in [3.8, 4) is 0 Å². The third-order valence-electron chi connectivity index (χ3n) is 1.13. The van der Waals surface area contributed by atoms with Crippen LogP contribution in [0.1, 0.15) is 6.92 Å². The third kappa shape index (κ3) is 6.12. The van der Waals surface area contributed by atoms with Gasteiger partial charge in [0, 0.05) is 5.57 Å². The number of hydrogen-bond donors (Lipinski definition) is 1. The fourth-order valence-electron chi connectivity index (χ4n) is 0.469. The molecule has 0 saturated heterocycles. The van der Waals surface area contributed by atoms with E-state index in [1.165, 1.54) is 0 Å². The first-order chi connectivity index (χ1) is 5.33. The van der Waals surface area contributed by atoms with Gasteiger partial charge in [-0.3, -0.25) is 4.79 Å². The minimum Gasteiger partial charge on any atom is -0.400 e. The van der Waals surface area contributed by atoms with Crippen LogP contribution in [0.25, 0.3) is 0 Å². The van der Waals surface area contributed by atoms with E-state index in [4.69, 9.17) is 4.43 Å². The lowest BCUT2D eigenvalue weighted by molar-refractivity contribution is -0.118. The molecule has 12 heavy (non-hydrogen) atoms. The molecule has 70 valence electrons. The van der Waals surface area contributed by atoms with Crippen LogP contribution in [0, 0.1) is 0 Å². The van der Waals surface area contributed by atoms with E-state index in [0.29, 0.717) is 12.3 Å². The Morgan fingerprint density at radius 1 is 1.50 bits per heavy atom. The van der Waals surface area contributed by atoms with Gasteiger partial charge in [0.05, 0.1) is 0 Å². The second-order valence-electron chi connectivity index (χ2n) is 3.69. The van der Waals surface area contributed by atoms with Crippen molar-refractivity contribution in [2.75, 3.05) is 6.73 Å². The molecule has 0 rings (SSSR count).